The molecule has 5 heteroatoms. The Morgan fingerprint density at radius 3 is 2.50 bits per heavy atom. The average Bonchev–Trinajstić information content (AvgIpc) is 2.68. The van der Waals surface area contributed by atoms with E-state index in [9.17, 15) is 4.79 Å². The van der Waals surface area contributed by atoms with Crippen molar-refractivity contribution in [3.8, 4) is 11.5 Å². The third-order valence-corrected chi connectivity index (χ3v) is 4.81. The topological polar surface area (TPSA) is 59.0 Å². The van der Waals surface area contributed by atoms with E-state index in [-0.39, 0.29) is 0 Å². The Bertz CT molecular complexity index is 842. The zero-order valence-electron chi connectivity index (χ0n) is 14.5. The molecule has 4 rings (SSSR count). The average molecular weight is 351 g/mol. The Morgan fingerprint density at radius 2 is 1.81 bits per heavy atom. The minimum atomic E-state index is -0.887. The summed E-state index contributed by atoms with van der Waals surface area (Å²) in [6, 6.07) is 13.3. The summed E-state index contributed by atoms with van der Waals surface area (Å²) in [5.41, 5.74) is 3.98. The van der Waals surface area contributed by atoms with Crippen LogP contribution in [0.25, 0.3) is 5.57 Å². The van der Waals surface area contributed by atoms with E-state index in [0.717, 1.165) is 43.1 Å². The normalized spacial score (nSPS) is 16.8. The molecule has 0 radical (unpaired) electrons. The van der Waals surface area contributed by atoms with Crippen LogP contribution in [0.5, 0.6) is 11.5 Å². The fraction of sp³-hybridized carbons (Fsp3) is 0.286. The standard InChI is InChI=1S/C21H21NO4/c23-21(24)17-3-1-15(2-4-17)14-22-9-7-16(8-10-22)18-5-6-19-20(13-18)26-12-11-25-19/h1-7,13H,8-12,14H2,(H,23,24). The van der Waals surface area contributed by atoms with Gasteiger partial charge in [0.1, 0.15) is 13.2 Å². The highest BCUT2D eigenvalue weighted by molar-refractivity contribution is 5.87. The lowest BCUT2D eigenvalue weighted by atomic mass is 9.98. The quantitative estimate of drug-likeness (QED) is 0.914. The number of hydrogen-bond donors (Lipinski definition) is 1. The van der Waals surface area contributed by atoms with Gasteiger partial charge in [-0.15, -0.1) is 0 Å². The summed E-state index contributed by atoms with van der Waals surface area (Å²) < 4.78 is 11.3. The summed E-state index contributed by atoms with van der Waals surface area (Å²) in [4.78, 5) is 13.3. The first-order valence-corrected chi connectivity index (χ1v) is 8.83. The maximum absolute atomic E-state index is 10.9. The van der Waals surface area contributed by atoms with Gasteiger partial charge in [-0.1, -0.05) is 24.3 Å². The Hall–Kier alpha value is -2.79. The van der Waals surface area contributed by atoms with Gasteiger partial charge < -0.3 is 14.6 Å². The highest BCUT2D eigenvalue weighted by atomic mass is 16.6. The van der Waals surface area contributed by atoms with Crippen molar-refractivity contribution in [2.45, 2.75) is 13.0 Å². The van der Waals surface area contributed by atoms with Crippen molar-refractivity contribution in [3.05, 3.63) is 65.2 Å². The molecule has 5 nitrogen and oxygen atoms in total. The van der Waals surface area contributed by atoms with Crippen LogP contribution < -0.4 is 9.47 Å². The van der Waals surface area contributed by atoms with E-state index in [1.807, 2.05) is 18.2 Å². The van der Waals surface area contributed by atoms with E-state index >= 15 is 0 Å². The SMILES string of the molecule is O=C(O)c1ccc(CN2CC=C(c3ccc4c(c3)OCCO4)CC2)cc1. The summed E-state index contributed by atoms with van der Waals surface area (Å²) in [6.45, 7) is 3.89. The first-order valence-electron chi connectivity index (χ1n) is 8.83. The summed E-state index contributed by atoms with van der Waals surface area (Å²) in [5, 5.41) is 8.97. The van der Waals surface area contributed by atoms with Crippen LogP contribution in [0.4, 0.5) is 0 Å². The predicted molar refractivity (Wildman–Crippen MR) is 98.7 cm³/mol. The molecule has 0 bridgehead atoms. The second kappa shape index (κ2) is 7.22. The smallest absolute Gasteiger partial charge is 0.335 e. The minimum absolute atomic E-state index is 0.327. The zero-order valence-corrected chi connectivity index (χ0v) is 14.5. The fourth-order valence-corrected chi connectivity index (χ4v) is 3.37. The lowest BCUT2D eigenvalue weighted by Crippen LogP contribution is -2.28. The van der Waals surface area contributed by atoms with E-state index in [2.05, 4.69) is 23.1 Å². The van der Waals surface area contributed by atoms with Gasteiger partial charge in [-0.2, -0.15) is 0 Å². The zero-order chi connectivity index (χ0) is 17.9. The molecule has 0 atom stereocenters. The van der Waals surface area contributed by atoms with Gasteiger partial charge in [-0.25, -0.2) is 4.79 Å². The summed E-state index contributed by atoms with van der Waals surface area (Å²) in [6.07, 6.45) is 3.24. The van der Waals surface area contributed by atoms with Gasteiger partial charge in [0.25, 0.3) is 0 Å². The maximum atomic E-state index is 10.9. The van der Waals surface area contributed by atoms with Gasteiger partial charge >= 0.3 is 5.97 Å². The summed E-state index contributed by atoms with van der Waals surface area (Å²) in [5.74, 6) is 0.764. The van der Waals surface area contributed by atoms with Gasteiger partial charge in [0.05, 0.1) is 5.56 Å². The number of carbonyl (C=O) groups is 1. The minimum Gasteiger partial charge on any atom is -0.486 e. The van der Waals surface area contributed by atoms with Crippen molar-refractivity contribution in [2.24, 2.45) is 0 Å². The van der Waals surface area contributed by atoms with Crippen LogP contribution in [0.3, 0.4) is 0 Å². The third-order valence-electron chi connectivity index (χ3n) is 4.81. The number of fused-ring (bicyclic) bond motifs is 1. The Morgan fingerprint density at radius 1 is 1.04 bits per heavy atom. The number of hydrogen-bond acceptors (Lipinski definition) is 4. The van der Waals surface area contributed by atoms with Gasteiger partial charge in [-0.3, -0.25) is 4.90 Å². The number of aromatic carboxylic acids is 1. The number of benzene rings is 2. The molecular weight excluding hydrogens is 330 g/mol. The highest BCUT2D eigenvalue weighted by Gasteiger charge is 2.17. The van der Waals surface area contributed by atoms with E-state index < -0.39 is 5.97 Å². The maximum Gasteiger partial charge on any atom is 0.335 e. The number of rotatable bonds is 4. The van der Waals surface area contributed by atoms with Crippen molar-refractivity contribution in [1.29, 1.82) is 0 Å². The van der Waals surface area contributed by atoms with Gasteiger partial charge in [0, 0.05) is 19.6 Å². The molecule has 0 saturated heterocycles. The Balaban J connectivity index is 1.41. The number of carboxylic acid groups (broad SMARTS) is 1. The van der Waals surface area contributed by atoms with E-state index in [1.54, 1.807) is 12.1 Å². The first-order chi connectivity index (χ1) is 12.7. The van der Waals surface area contributed by atoms with E-state index in [4.69, 9.17) is 14.6 Å². The second-order valence-electron chi connectivity index (χ2n) is 6.57. The highest BCUT2D eigenvalue weighted by Crippen LogP contribution is 2.34. The van der Waals surface area contributed by atoms with Crippen molar-refractivity contribution in [2.75, 3.05) is 26.3 Å². The predicted octanol–water partition coefficient (Wildman–Crippen LogP) is 3.45. The molecule has 2 aromatic rings. The fourth-order valence-electron chi connectivity index (χ4n) is 3.37. The molecule has 2 aliphatic rings. The van der Waals surface area contributed by atoms with Crippen LogP contribution in [0.1, 0.15) is 27.9 Å². The molecule has 0 unspecified atom stereocenters. The Kier molecular flexibility index (Phi) is 4.63. The number of nitrogens with zero attached hydrogens (tertiary/aromatic N) is 1. The monoisotopic (exact) mass is 351 g/mol. The lowest BCUT2D eigenvalue weighted by Gasteiger charge is -2.27. The van der Waals surface area contributed by atoms with Gasteiger partial charge in [0.2, 0.25) is 0 Å². The molecule has 2 heterocycles. The molecule has 2 aliphatic heterocycles. The third kappa shape index (κ3) is 3.58. The molecule has 0 fully saturated rings. The molecule has 1 N–H and O–H groups in total. The van der Waals surface area contributed by atoms with Crippen LogP contribution in [0, 0.1) is 0 Å². The van der Waals surface area contributed by atoms with Crippen molar-refractivity contribution >= 4 is 11.5 Å². The second-order valence-corrected chi connectivity index (χ2v) is 6.57. The van der Waals surface area contributed by atoms with Crippen LogP contribution in [0.2, 0.25) is 0 Å². The van der Waals surface area contributed by atoms with Crippen LogP contribution in [-0.4, -0.2) is 42.3 Å². The molecule has 2 aromatic carbocycles. The molecule has 0 spiro atoms. The number of ether oxygens (including phenoxy) is 2. The molecule has 134 valence electrons. The van der Waals surface area contributed by atoms with Crippen LogP contribution >= 0.6 is 0 Å². The number of carboxylic acids is 1. The van der Waals surface area contributed by atoms with Crippen LogP contribution in [0.15, 0.2) is 48.5 Å². The largest absolute Gasteiger partial charge is 0.486 e. The van der Waals surface area contributed by atoms with E-state index in [1.165, 1.54) is 11.1 Å². The first kappa shape index (κ1) is 16.7. The van der Waals surface area contributed by atoms with Gasteiger partial charge in [0.15, 0.2) is 11.5 Å². The molecule has 0 amide bonds. The molecule has 0 saturated carbocycles. The lowest BCUT2D eigenvalue weighted by molar-refractivity contribution is 0.0697. The molecule has 0 aromatic heterocycles. The van der Waals surface area contributed by atoms with Gasteiger partial charge in [-0.05, 0) is 47.4 Å². The summed E-state index contributed by atoms with van der Waals surface area (Å²) >= 11 is 0. The molecule has 0 aliphatic carbocycles. The van der Waals surface area contributed by atoms with Crippen molar-refractivity contribution in [3.63, 3.8) is 0 Å². The molecule has 26 heavy (non-hydrogen) atoms. The van der Waals surface area contributed by atoms with Crippen molar-refractivity contribution in [1.82, 2.24) is 4.90 Å². The Labute approximate surface area is 152 Å². The summed E-state index contributed by atoms with van der Waals surface area (Å²) in [7, 11) is 0. The molecular formula is C21H21NO4. The van der Waals surface area contributed by atoms with Crippen LogP contribution in [-0.2, 0) is 6.54 Å². The van der Waals surface area contributed by atoms with Crippen molar-refractivity contribution < 1.29 is 19.4 Å². The van der Waals surface area contributed by atoms with E-state index in [0.29, 0.717) is 18.8 Å².